The fraction of sp³-hybridized carbons (Fsp3) is 0.211. The smallest absolute Gasteiger partial charge is 0.336 e. The van der Waals surface area contributed by atoms with E-state index in [9.17, 15) is 4.79 Å². The van der Waals surface area contributed by atoms with Crippen LogP contribution in [0.5, 0.6) is 5.75 Å². The number of benzene rings is 2. The Morgan fingerprint density at radius 1 is 0.952 bits per heavy atom. The van der Waals surface area contributed by atoms with Crippen molar-refractivity contribution < 1.29 is 9.53 Å². The Morgan fingerprint density at radius 2 is 1.57 bits per heavy atom. The summed E-state index contributed by atoms with van der Waals surface area (Å²) in [4.78, 5) is 11.8. The standard InChI is InChI=1S/C19H20O2/c1-19(2,3)16-10-12-17(13-11-16)21-18(20)14-9-15-7-5-4-6-8-15/h4-14H,1-3H3. The summed E-state index contributed by atoms with van der Waals surface area (Å²) < 4.78 is 5.28. The number of ether oxygens (including phenoxy) is 1. The number of hydrogen-bond acceptors (Lipinski definition) is 2. The molecule has 0 unspecified atom stereocenters. The fourth-order valence-electron chi connectivity index (χ4n) is 1.90. The molecule has 21 heavy (non-hydrogen) atoms. The molecule has 0 spiro atoms. The molecular weight excluding hydrogens is 260 g/mol. The predicted octanol–water partition coefficient (Wildman–Crippen LogP) is 4.60. The molecule has 0 aliphatic rings. The zero-order valence-electron chi connectivity index (χ0n) is 12.7. The van der Waals surface area contributed by atoms with E-state index in [0.29, 0.717) is 5.75 Å². The van der Waals surface area contributed by atoms with Gasteiger partial charge in [-0.2, -0.15) is 0 Å². The highest BCUT2D eigenvalue weighted by molar-refractivity contribution is 5.88. The van der Waals surface area contributed by atoms with E-state index in [1.54, 1.807) is 6.08 Å². The first-order valence-corrected chi connectivity index (χ1v) is 7.01. The third-order valence-corrected chi connectivity index (χ3v) is 3.15. The van der Waals surface area contributed by atoms with Gasteiger partial charge in [0.1, 0.15) is 5.75 Å². The van der Waals surface area contributed by atoms with Crippen molar-refractivity contribution >= 4 is 12.0 Å². The zero-order chi connectivity index (χ0) is 15.3. The second-order valence-electron chi connectivity index (χ2n) is 5.94. The van der Waals surface area contributed by atoms with Crippen molar-refractivity contribution in [3.63, 3.8) is 0 Å². The van der Waals surface area contributed by atoms with Gasteiger partial charge < -0.3 is 4.74 Å². The van der Waals surface area contributed by atoms with Crippen molar-refractivity contribution in [3.05, 3.63) is 71.8 Å². The maximum absolute atomic E-state index is 11.8. The van der Waals surface area contributed by atoms with Gasteiger partial charge in [0, 0.05) is 6.08 Å². The van der Waals surface area contributed by atoms with E-state index in [4.69, 9.17) is 4.74 Å². The molecule has 0 saturated carbocycles. The van der Waals surface area contributed by atoms with Gasteiger partial charge in [-0.15, -0.1) is 0 Å². The number of carbonyl (C=O) groups excluding carboxylic acids is 1. The maximum Gasteiger partial charge on any atom is 0.336 e. The first-order valence-electron chi connectivity index (χ1n) is 7.01. The largest absolute Gasteiger partial charge is 0.423 e. The first-order chi connectivity index (χ1) is 9.95. The fourth-order valence-corrected chi connectivity index (χ4v) is 1.90. The molecular formula is C19H20O2. The number of carbonyl (C=O) groups is 1. The van der Waals surface area contributed by atoms with Crippen molar-refractivity contribution in [2.75, 3.05) is 0 Å². The molecule has 0 N–H and O–H groups in total. The molecule has 0 aromatic heterocycles. The van der Waals surface area contributed by atoms with Crippen molar-refractivity contribution in [1.29, 1.82) is 0 Å². The quantitative estimate of drug-likeness (QED) is 0.466. The van der Waals surface area contributed by atoms with Crippen LogP contribution in [0.15, 0.2) is 60.7 Å². The van der Waals surface area contributed by atoms with Crippen LogP contribution in [-0.4, -0.2) is 5.97 Å². The molecule has 0 saturated heterocycles. The summed E-state index contributed by atoms with van der Waals surface area (Å²) >= 11 is 0. The SMILES string of the molecule is CC(C)(C)c1ccc(OC(=O)C=Cc2ccccc2)cc1. The van der Waals surface area contributed by atoms with Crippen molar-refractivity contribution in [3.8, 4) is 5.75 Å². The maximum atomic E-state index is 11.8. The lowest BCUT2D eigenvalue weighted by atomic mass is 9.87. The third kappa shape index (κ3) is 4.60. The van der Waals surface area contributed by atoms with Gasteiger partial charge in [0.05, 0.1) is 0 Å². The molecule has 2 rings (SSSR count). The highest BCUT2D eigenvalue weighted by Crippen LogP contribution is 2.24. The van der Waals surface area contributed by atoms with Crippen molar-refractivity contribution in [2.45, 2.75) is 26.2 Å². The second kappa shape index (κ2) is 6.40. The molecule has 0 radical (unpaired) electrons. The van der Waals surface area contributed by atoms with Gasteiger partial charge >= 0.3 is 5.97 Å². The molecule has 108 valence electrons. The summed E-state index contributed by atoms with van der Waals surface area (Å²) in [5.74, 6) is 0.188. The number of esters is 1. The van der Waals surface area contributed by atoms with Gasteiger partial charge in [0.15, 0.2) is 0 Å². The van der Waals surface area contributed by atoms with Crippen LogP contribution < -0.4 is 4.74 Å². The van der Waals surface area contributed by atoms with E-state index in [1.165, 1.54) is 11.6 Å². The normalized spacial score (nSPS) is 11.6. The van der Waals surface area contributed by atoms with Crippen LogP contribution in [0.25, 0.3) is 6.08 Å². The first kappa shape index (κ1) is 15.0. The average Bonchev–Trinajstić information content (AvgIpc) is 2.46. The minimum absolute atomic E-state index is 0.0930. The van der Waals surface area contributed by atoms with E-state index in [2.05, 4.69) is 20.8 Å². The van der Waals surface area contributed by atoms with Crippen LogP contribution in [0.1, 0.15) is 31.9 Å². The van der Waals surface area contributed by atoms with Crippen LogP contribution in [0.4, 0.5) is 0 Å². The number of rotatable bonds is 3. The minimum Gasteiger partial charge on any atom is -0.423 e. The molecule has 0 heterocycles. The lowest BCUT2D eigenvalue weighted by Crippen LogP contribution is -2.11. The molecule has 0 atom stereocenters. The monoisotopic (exact) mass is 280 g/mol. The van der Waals surface area contributed by atoms with Crippen molar-refractivity contribution in [2.24, 2.45) is 0 Å². The highest BCUT2D eigenvalue weighted by atomic mass is 16.5. The summed E-state index contributed by atoms with van der Waals surface area (Å²) in [6, 6.07) is 17.3. The van der Waals surface area contributed by atoms with E-state index in [1.807, 2.05) is 54.6 Å². The molecule has 2 nitrogen and oxygen atoms in total. The van der Waals surface area contributed by atoms with Crippen LogP contribution in [0, 0.1) is 0 Å². The van der Waals surface area contributed by atoms with Gasteiger partial charge in [0.25, 0.3) is 0 Å². The second-order valence-corrected chi connectivity index (χ2v) is 5.94. The Morgan fingerprint density at radius 3 is 2.14 bits per heavy atom. The number of hydrogen-bond donors (Lipinski definition) is 0. The molecule has 0 aliphatic heterocycles. The Bertz CT molecular complexity index is 617. The lowest BCUT2D eigenvalue weighted by Gasteiger charge is -2.18. The van der Waals surface area contributed by atoms with E-state index >= 15 is 0 Å². The molecule has 2 heteroatoms. The zero-order valence-corrected chi connectivity index (χ0v) is 12.7. The van der Waals surface area contributed by atoms with Crippen LogP contribution >= 0.6 is 0 Å². The van der Waals surface area contributed by atoms with Gasteiger partial charge in [-0.05, 0) is 34.8 Å². The summed E-state index contributed by atoms with van der Waals surface area (Å²) in [5, 5.41) is 0. The summed E-state index contributed by atoms with van der Waals surface area (Å²) in [7, 11) is 0. The molecule has 0 fully saturated rings. The summed E-state index contributed by atoms with van der Waals surface area (Å²) in [5.41, 5.74) is 2.27. The average molecular weight is 280 g/mol. The van der Waals surface area contributed by atoms with E-state index in [0.717, 1.165) is 5.56 Å². The van der Waals surface area contributed by atoms with Gasteiger partial charge in [-0.1, -0.05) is 63.2 Å². The Hall–Kier alpha value is -2.35. The molecule has 2 aromatic rings. The molecule has 0 aliphatic carbocycles. The summed E-state index contributed by atoms with van der Waals surface area (Å²) in [6.45, 7) is 6.45. The van der Waals surface area contributed by atoms with Crippen molar-refractivity contribution in [1.82, 2.24) is 0 Å². The van der Waals surface area contributed by atoms with Gasteiger partial charge in [0.2, 0.25) is 0 Å². The van der Waals surface area contributed by atoms with Crippen LogP contribution in [0.2, 0.25) is 0 Å². The predicted molar refractivity (Wildman–Crippen MR) is 86.3 cm³/mol. The topological polar surface area (TPSA) is 26.3 Å². The molecule has 2 aromatic carbocycles. The highest BCUT2D eigenvalue weighted by Gasteiger charge is 2.13. The van der Waals surface area contributed by atoms with Crippen LogP contribution in [-0.2, 0) is 10.2 Å². The van der Waals surface area contributed by atoms with E-state index in [-0.39, 0.29) is 11.4 Å². The van der Waals surface area contributed by atoms with E-state index < -0.39 is 0 Å². The summed E-state index contributed by atoms with van der Waals surface area (Å²) in [6.07, 6.45) is 3.18. The lowest BCUT2D eigenvalue weighted by molar-refractivity contribution is -0.128. The van der Waals surface area contributed by atoms with Gasteiger partial charge in [-0.25, -0.2) is 4.79 Å². The Kier molecular flexibility index (Phi) is 4.59. The van der Waals surface area contributed by atoms with Crippen LogP contribution in [0.3, 0.4) is 0 Å². The third-order valence-electron chi connectivity index (χ3n) is 3.15. The molecule has 0 bridgehead atoms. The Labute approximate surface area is 126 Å². The molecule has 0 amide bonds. The Balaban J connectivity index is 1.98. The minimum atomic E-state index is -0.373. The van der Waals surface area contributed by atoms with Gasteiger partial charge in [-0.3, -0.25) is 0 Å².